The fourth-order valence-electron chi connectivity index (χ4n) is 8.67. The number of fused-ring (bicyclic) bond motifs is 8. The topological polar surface area (TPSA) is 25.8 Å². The first-order valence-electron chi connectivity index (χ1n) is 18.9. The van der Waals surface area contributed by atoms with Crippen LogP contribution < -0.4 is 0 Å². The summed E-state index contributed by atoms with van der Waals surface area (Å²) in [5.41, 5.74) is 10.2. The van der Waals surface area contributed by atoms with Gasteiger partial charge in [0, 0.05) is 16.5 Å². The van der Waals surface area contributed by atoms with Crippen molar-refractivity contribution in [3.05, 3.63) is 194 Å². The number of aromatic nitrogens is 2. The zero-order chi connectivity index (χ0) is 36.5. The molecule has 0 bridgehead atoms. The highest BCUT2D eigenvalue weighted by atomic mass is 14.9. The first-order valence-corrected chi connectivity index (χ1v) is 18.9. The third-order valence-corrected chi connectivity index (χ3v) is 11.3. The molecular weight excluding hydrogens is 665 g/mol. The summed E-state index contributed by atoms with van der Waals surface area (Å²) in [6.45, 7) is 2.23. The zero-order valence-corrected chi connectivity index (χ0v) is 30.3. The second kappa shape index (κ2) is 12.5. The van der Waals surface area contributed by atoms with Crippen LogP contribution in [0.3, 0.4) is 0 Å². The molecule has 0 fully saturated rings. The van der Waals surface area contributed by atoms with Crippen LogP contribution in [0.15, 0.2) is 188 Å². The minimum absolute atomic E-state index is 0.733. The Bertz CT molecular complexity index is 3330. The SMILES string of the molecule is Cc1cccc2ccc3cccc(-c4cccc5ccc6cc(-c7ccc8cc(-c9nc(-c%10ccccc%10)c%10ccccc%10n9)ccc8c7)ccc6c45)c3c12. The van der Waals surface area contributed by atoms with Gasteiger partial charge in [-0.1, -0.05) is 164 Å². The lowest BCUT2D eigenvalue weighted by atomic mass is 9.88. The average molecular weight is 699 g/mol. The van der Waals surface area contributed by atoms with Gasteiger partial charge in [0.15, 0.2) is 5.82 Å². The molecule has 2 nitrogen and oxygen atoms in total. The molecule has 0 aliphatic rings. The summed E-state index contributed by atoms with van der Waals surface area (Å²) in [6.07, 6.45) is 0. The third-order valence-electron chi connectivity index (χ3n) is 11.3. The van der Waals surface area contributed by atoms with Gasteiger partial charge in [0.1, 0.15) is 0 Å². The lowest BCUT2D eigenvalue weighted by Gasteiger charge is -2.16. The molecule has 11 aromatic rings. The van der Waals surface area contributed by atoms with Crippen LogP contribution in [0.1, 0.15) is 5.56 Å². The summed E-state index contributed by atoms with van der Waals surface area (Å²) in [5.74, 6) is 0.733. The predicted molar refractivity (Wildman–Crippen MR) is 234 cm³/mol. The summed E-state index contributed by atoms with van der Waals surface area (Å²) in [6, 6.07) is 68.1. The van der Waals surface area contributed by atoms with Crippen molar-refractivity contribution in [2.75, 3.05) is 0 Å². The van der Waals surface area contributed by atoms with E-state index in [0.717, 1.165) is 38.9 Å². The normalized spacial score (nSPS) is 11.7. The van der Waals surface area contributed by atoms with Crippen LogP contribution in [-0.4, -0.2) is 9.97 Å². The van der Waals surface area contributed by atoms with Gasteiger partial charge in [0.25, 0.3) is 0 Å². The first kappa shape index (κ1) is 31.4. The highest BCUT2D eigenvalue weighted by Crippen LogP contribution is 2.42. The van der Waals surface area contributed by atoms with Crippen molar-refractivity contribution in [2.45, 2.75) is 6.92 Å². The summed E-state index contributed by atoms with van der Waals surface area (Å²) in [4.78, 5) is 10.1. The fraction of sp³-hybridized carbons (Fsp3) is 0.0189. The average Bonchev–Trinajstić information content (AvgIpc) is 3.25. The van der Waals surface area contributed by atoms with Crippen LogP contribution in [-0.2, 0) is 0 Å². The molecule has 0 amide bonds. The minimum Gasteiger partial charge on any atom is -0.228 e. The van der Waals surface area contributed by atoms with E-state index in [1.807, 2.05) is 12.1 Å². The molecular formula is C53H34N2. The largest absolute Gasteiger partial charge is 0.228 e. The van der Waals surface area contributed by atoms with E-state index in [-0.39, 0.29) is 0 Å². The highest BCUT2D eigenvalue weighted by molar-refractivity contribution is 6.21. The molecule has 0 unspecified atom stereocenters. The molecule has 0 radical (unpaired) electrons. The lowest BCUT2D eigenvalue weighted by molar-refractivity contribution is 1.23. The molecule has 0 saturated heterocycles. The Morgan fingerprint density at radius 3 is 1.67 bits per heavy atom. The summed E-state index contributed by atoms with van der Waals surface area (Å²) in [5, 5.41) is 13.6. The predicted octanol–water partition coefficient (Wildman–Crippen LogP) is 14.4. The number of hydrogen-bond acceptors (Lipinski definition) is 2. The Labute approximate surface area is 319 Å². The van der Waals surface area contributed by atoms with E-state index in [1.165, 1.54) is 76.3 Å². The van der Waals surface area contributed by atoms with E-state index in [2.05, 4.69) is 183 Å². The summed E-state index contributed by atoms with van der Waals surface area (Å²) in [7, 11) is 0. The smallest absolute Gasteiger partial charge is 0.160 e. The monoisotopic (exact) mass is 698 g/mol. The Balaban J connectivity index is 1.01. The second-order valence-corrected chi connectivity index (χ2v) is 14.6. The van der Waals surface area contributed by atoms with E-state index < -0.39 is 0 Å². The van der Waals surface area contributed by atoms with Crippen molar-refractivity contribution in [2.24, 2.45) is 0 Å². The molecule has 0 aliphatic carbocycles. The van der Waals surface area contributed by atoms with Crippen LogP contribution in [0.2, 0.25) is 0 Å². The number of nitrogens with zero attached hydrogens (tertiary/aromatic N) is 2. The van der Waals surface area contributed by atoms with Crippen molar-refractivity contribution >= 4 is 64.8 Å². The maximum absolute atomic E-state index is 5.11. The van der Waals surface area contributed by atoms with Crippen LogP contribution >= 0.6 is 0 Å². The highest BCUT2D eigenvalue weighted by Gasteiger charge is 2.15. The third kappa shape index (κ3) is 5.18. The van der Waals surface area contributed by atoms with Gasteiger partial charge in [-0.3, -0.25) is 0 Å². The van der Waals surface area contributed by atoms with E-state index >= 15 is 0 Å². The molecule has 0 saturated carbocycles. The van der Waals surface area contributed by atoms with Gasteiger partial charge in [0.05, 0.1) is 11.2 Å². The molecule has 0 spiro atoms. The molecule has 10 aromatic carbocycles. The van der Waals surface area contributed by atoms with E-state index in [0.29, 0.717) is 0 Å². The maximum atomic E-state index is 5.11. The Kier molecular flexibility index (Phi) is 7.11. The van der Waals surface area contributed by atoms with Crippen molar-refractivity contribution in [3.63, 3.8) is 0 Å². The number of hydrogen-bond donors (Lipinski definition) is 0. The van der Waals surface area contributed by atoms with Crippen molar-refractivity contribution in [1.29, 1.82) is 0 Å². The lowest BCUT2D eigenvalue weighted by Crippen LogP contribution is -1.95. The van der Waals surface area contributed by atoms with Gasteiger partial charge in [-0.15, -0.1) is 0 Å². The second-order valence-electron chi connectivity index (χ2n) is 14.6. The molecule has 0 N–H and O–H groups in total. The molecule has 1 aromatic heterocycles. The standard InChI is InChI=1S/C53H34N2/c1-33-10-7-13-34-20-21-36-15-9-18-46(51(36)49(33)34)45-17-8-14-35-22-26-42-31-41(28-29-44(42)50(35)45)38-23-24-40-32-43(27-25-39(40)30-38)53-54-48-19-6-5-16-47(48)52(55-53)37-11-3-2-4-12-37/h2-32H,1H3. The first-order chi connectivity index (χ1) is 27.2. The molecule has 55 heavy (non-hydrogen) atoms. The molecule has 0 aliphatic heterocycles. The zero-order valence-electron chi connectivity index (χ0n) is 30.3. The van der Waals surface area contributed by atoms with Crippen molar-refractivity contribution in [1.82, 2.24) is 9.97 Å². The van der Waals surface area contributed by atoms with Gasteiger partial charge in [0.2, 0.25) is 0 Å². The van der Waals surface area contributed by atoms with Gasteiger partial charge in [-0.25, -0.2) is 9.97 Å². The van der Waals surface area contributed by atoms with Gasteiger partial charge in [-0.05, 0) is 113 Å². The van der Waals surface area contributed by atoms with Crippen LogP contribution in [0.5, 0.6) is 0 Å². The van der Waals surface area contributed by atoms with E-state index in [9.17, 15) is 0 Å². The van der Waals surface area contributed by atoms with Gasteiger partial charge < -0.3 is 0 Å². The van der Waals surface area contributed by atoms with Crippen LogP contribution in [0.4, 0.5) is 0 Å². The Morgan fingerprint density at radius 1 is 0.327 bits per heavy atom. The minimum atomic E-state index is 0.733. The fourth-order valence-corrected chi connectivity index (χ4v) is 8.67. The van der Waals surface area contributed by atoms with Crippen LogP contribution in [0.25, 0.3) is 110 Å². The van der Waals surface area contributed by atoms with E-state index in [4.69, 9.17) is 9.97 Å². The van der Waals surface area contributed by atoms with Crippen molar-refractivity contribution < 1.29 is 0 Å². The maximum Gasteiger partial charge on any atom is 0.160 e. The van der Waals surface area contributed by atoms with E-state index in [1.54, 1.807) is 0 Å². The molecule has 2 heteroatoms. The quantitative estimate of drug-likeness (QED) is 0.171. The number of benzene rings is 10. The van der Waals surface area contributed by atoms with Crippen molar-refractivity contribution in [3.8, 4) is 44.9 Å². The van der Waals surface area contributed by atoms with Gasteiger partial charge >= 0.3 is 0 Å². The molecule has 0 atom stereocenters. The molecule has 1 heterocycles. The summed E-state index contributed by atoms with van der Waals surface area (Å²) < 4.78 is 0. The van der Waals surface area contributed by atoms with Crippen LogP contribution in [0, 0.1) is 6.92 Å². The molecule has 256 valence electrons. The number of rotatable bonds is 4. The number of aryl methyl sites for hydroxylation is 1. The summed E-state index contributed by atoms with van der Waals surface area (Å²) >= 11 is 0. The Hall–Kier alpha value is -7.16. The Morgan fingerprint density at radius 2 is 0.891 bits per heavy atom. The molecule has 11 rings (SSSR count). The number of para-hydroxylation sites is 1. The van der Waals surface area contributed by atoms with Gasteiger partial charge in [-0.2, -0.15) is 0 Å².